The molecule has 1 aromatic heterocycles. The topological polar surface area (TPSA) is 80.5 Å². The summed E-state index contributed by atoms with van der Waals surface area (Å²) in [6.45, 7) is 3.78. The summed E-state index contributed by atoms with van der Waals surface area (Å²) in [5, 5.41) is 1.96. The van der Waals surface area contributed by atoms with Gasteiger partial charge in [0.05, 0.1) is 18.4 Å². The summed E-state index contributed by atoms with van der Waals surface area (Å²) in [6.07, 6.45) is -2.63. The van der Waals surface area contributed by atoms with Crippen molar-refractivity contribution in [2.45, 2.75) is 38.0 Å². The maximum absolute atomic E-state index is 12.7. The molecule has 1 amide bonds. The van der Waals surface area contributed by atoms with Crippen molar-refractivity contribution in [3.8, 4) is 5.88 Å². The van der Waals surface area contributed by atoms with Crippen LogP contribution >= 0.6 is 15.9 Å². The van der Waals surface area contributed by atoms with Gasteiger partial charge in [-0.25, -0.2) is 4.98 Å². The Morgan fingerprint density at radius 3 is 2.68 bits per heavy atom. The van der Waals surface area contributed by atoms with Crippen LogP contribution in [0.2, 0.25) is 0 Å². The monoisotopic (exact) mass is 424 g/mol. The molecule has 0 aliphatic carbocycles. The first kappa shape index (κ1) is 19.8. The van der Waals surface area contributed by atoms with Gasteiger partial charge in [0.25, 0.3) is 5.91 Å². The lowest BCUT2D eigenvalue weighted by atomic mass is 10.0. The summed E-state index contributed by atoms with van der Waals surface area (Å²) in [6, 6.07) is -1.98. The third-order valence-electron chi connectivity index (χ3n) is 4.06. The van der Waals surface area contributed by atoms with Crippen LogP contribution in [0.25, 0.3) is 0 Å². The van der Waals surface area contributed by atoms with E-state index in [4.69, 9.17) is 10.5 Å². The number of amides is 1. The Labute approximate surface area is 152 Å². The van der Waals surface area contributed by atoms with Crippen LogP contribution in [0, 0.1) is 0 Å². The highest BCUT2D eigenvalue weighted by atomic mass is 79.9. The number of pyridine rings is 1. The number of hydrogen-bond donors (Lipinski definition) is 2. The summed E-state index contributed by atoms with van der Waals surface area (Å²) in [7, 11) is 1.42. The molecule has 0 unspecified atom stereocenters. The fourth-order valence-electron chi connectivity index (χ4n) is 2.61. The number of methoxy groups -OCH3 is 1. The van der Waals surface area contributed by atoms with Crippen LogP contribution in [-0.2, 0) is 0 Å². The molecule has 140 valence electrons. The van der Waals surface area contributed by atoms with E-state index in [0.717, 1.165) is 6.92 Å². The van der Waals surface area contributed by atoms with Crippen LogP contribution in [0.3, 0.4) is 0 Å². The molecule has 6 nitrogen and oxygen atoms in total. The summed E-state index contributed by atoms with van der Waals surface area (Å²) in [5.74, 6) is -0.623. The van der Waals surface area contributed by atoms with Crippen LogP contribution in [0.15, 0.2) is 10.7 Å². The normalized spacial score (nSPS) is 22.0. The van der Waals surface area contributed by atoms with Gasteiger partial charge in [-0.15, -0.1) is 0 Å². The molecule has 2 rings (SSSR count). The minimum atomic E-state index is -4.53. The summed E-state index contributed by atoms with van der Waals surface area (Å²) >= 11 is 3.34. The standard InChI is InChI=1S/C15H20BrF3N4O2/c1-8(15(17,18)19)22-12(24)9-6-21-13(25-3)10(16)11(9)23-5-4-14(2,20)7-23/h6,8H,4-5,7,20H2,1-3H3,(H,22,24)/t8-,14-/m0/s1. The molecule has 0 aromatic carbocycles. The molecule has 1 aromatic rings. The number of anilines is 1. The Morgan fingerprint density at radius 1 is 1.56 bits per heavy atom. The van der Waals surface area contributed by atoms with Crippen molar-refractivity contribution in [2.24, 2.45) is 5.73 Å². The molecule has 0 spiro atoms. The summed E-state index contributed by atoms with van der Waals surface area (Å²) < 4.78 is 43.8. The molecule has 1 aliphatic rings. The first-order valence-electron chi connectivity index (χ1n) is 7.60. The average molecular weight is 425 g/mol. The van der Waals surface area contributed by atoms with E-state index in [1.807, 2.05) is 17.1 Å². The molecule has 2 atom stereocenters. The number of alkyl halides is 3. The molecule has 1 fully saturated rings. The van der Waals surface area contributed by atoms with Crippen molar-refractivity contribution in [1.29, 1.82) is 0 Å². The molecular formula is C15H20BrF3N4O2. The highest BCUT2D eigenvalue weighted by Crippen LogP contribution is 2.39. The number of halogens is 4. The van der Waals surface area contributed by atoms with E-state index >= 15 is 0 Å². The van der Waals surface area contributed by atoms with Gasteiger partial charge < -0.3 is 20.7 Å². The zero-order valence-corrected chi connectivity index (χ0v) is 15.7. The Balaban J connectivity index is 2.41. The fourth-order valence-corrected chi connectivity index (χ4v) is 3.34. The second kappa shape index (κ2) is 6.99. The number of carbonyl (C=O) groups is 1. The quantitative estimate of drug-likeness (QED) is 0.775. The van der Waals surface area contributed by atoms with E-state index in [9.17, 15) is 18.0 Å². The van der Waals surface area contributed by atoms with Crippen molar-refractivity contribution in [3.05, 3.63) is 16.2 Å². The summed E-state index contributed by atoms with van der Waals surface area (Å²) in [4.78, 5) is 18.3. The second-order valence-corrected chi connectivity index (χ2v) is 7.20. The van der Waals surface area contributed by atoms with Crippen LogP contribution < -0.4 is 20.7 Å². The largest absolute Gasteiger partial charge is 0.480 e. The predicted octanol–water partition coefficient (Wildman–Crippen LogP) is 2.46. The van der Waals surface area contributed by atoms with Crippen LogP contribution in [0.1, 0.15) is 30.6 Å². The van der Waals surface area contributed by atoms with Gasteiger partial charge in [-0.05, 0) is 36.2 Å². The van der Waals surface area contributed by atoms with E-state index in [0.29, 0.717) is 29.7 Å². The number of nitrogens with zero attached hydrogens (tertiary/aromatic N) is 2. The first-order valence-corrected chi connectivity index (χ1v) is 8.39. The van der Waals surface area contributed by atoms with Crippen LogP contribution in [-0.4, -0.2) is 48.8 Å². The SMILES string of the molecule is COc1ncc(C(=O)N[C@@H](C)C(F)(F)F)c(N2CC[C@](C)(N)C2)c1Br. The Kier molecular flexibility index (Phi) is 5.53. The van der Waals surface area contributed by atoms with Crippen LogP contribution in [0.4, 0.5) is 18.9 Å². The zero-order valence-electron chi connectivity index (χ0n) is 14.1. The highest BCUT2D eigenvalue weighted by Gasteiger charge is 2.39. The highest BCUT2D eigenvalue weighted by molar-refractivity contribution is 9.10. The third-order valence-corrected chi connectivity index (χ3v) is 4.77. The van der Waals surface area contributed by atoms with Crippen molar-refractivity contribution < 1.29 is 22.7 Å². The number of rotatable bonds is 4. The number of aromatic nitrogens is 1. The molecular weight excluding hydrogens is 405 g/mol. The lowest BCUT2D eigenvalue weighted by Crippen LogP contribution is -2.44. The Hall–Kier alpha value is -1.55. The van der Waals surface area contributed by atoms with Gasteiger partial charge in [0.2, 0.25) is 5.88 Å². The molecule has 2 heterocycles. The predicted molar refractivity (Wildman–Crippen MR) is 90.9 cm³/mol. The van der Waals surface area contributed by atoms with E-state index in [1.165, 1.54) is 13.3 Å². The molecule has 3 N–H and O–H groups in total. The molecule has 0 radical (unpaired) electrons. The first-order chi connectivity index (χ1) is 11.5. The summed E-state index contributed by atoms with van der Waals surface area (Å²) in [5.41, 5.74) is 6.13. The van der Waals surface area contributed by atoms with Gasteiger partial charge in [-0.3, -0.25) is 4.79 Å². The van der Waals surface area contributed by atoms with Gasteiger partial charge in [0, 0.05) is 24.8 Å². The van der Waals surface area contributed by atoms with E-state index in [1.54, 1.807) is 0 Å². The number of ether oxygens (including phenoxy) is 1. The Bertz CT molecular complexity index is 667. The molecule has 0 bridgehead atoms. The minimum Gasteiger partial charge on any atom is -0.480 e. The molecule has 25 heavy (non-hydrogen) atoms. The average Bonchev–Trinajstić information content (AvgIpc) is 2.85. The lowest BCUT2D eigenvalue weighted by molar-refractivity contribution is -0.149. The smallest absolute Gasteiger partial charge is 0.408 e. The van der Waals surface area contributed by atoms with Gasteiger partial charge >= 0.3 is 6.18 Å². The minimum absolute atomic E-state index is 0.0291. The van der Waals surface area contributed by atoms with Gasteiger partial charge in [-0.1, -0.05) is 0 Å². The zero-order chi connectivity index (χ0) is 19.0. The van der Waals surface area contributed by atoms with E-state index < -0.39 is 23.7 Å². The Morgan fingerprint density at radius 2 is 2.20 bits per heavy atom. The number of carbonyl (C=O) groups excluding carboxylic acids is 1. The number of nitrogens with two attached hydrogens (primary N) is 1. The van der Waals surface area contributed by atoms with E-state index in [2.05, 4.69) is 20.9 Å². The number of hydrogen-bond acceptors (Lipinski definition) is 5. The third kappa shape index (κ3) is 4.35. The maximum Gasteiger partial charge on any atom is 0.408 e. The molecule has 1 aliphatic heterocycles. The number of nitrogens with one attached hydrogen (secondary N) is 1. The van der Waals surface area contributed by atoms with Gasteiger partial charge in [0.1, 0.15) is 10.5 Å². The van der Waals surface area contributed by atoms with Gasteiger partial charge in [0.15, 0.2) is 0 Å². The van der Waals surface area contributed by atoms with Gasteiger partial charge in [-0.2, -0.15) is 13.2 Å². The van der Waals surface area contributed by atoms with Crippen molar-refractivity contribution in [1.82, 2.24) is 10.3 Å². The van der Waals surface area contributed by atoms with Crippen molar-refractivity contribution in [3.63, 3.8) is 0 Å². The van der Waals surface area contributed by atoms with Crippen LogP contribution in [0.5, 0.6) is 5.88 Å². The van der Waals surface area contributed by atoms with E-state index in [-0.39, 0.29) is 11.4 Å². The second-order valence-electron chi connectivity index (χ2n) is 6.41. The fraction of sp³-hybridized carbons (Fsp3) is 0.600. The van der Waals surface area contributed by atoms with Crippen molar-refractivity contribution >= 4 is 27.5 Å². The molecule has 1 saturated heterocycles. The lowest BCUT2D eigenvalue weighted by Gasteiger charge is -2.26. The molecule has 0 saturated carbocycles. The maximum atomic E-state index is 12.7. The van der Waals surface area contributed by atoms with Crippen molar-refractivity contribution in [2.75, 3.05) is 25.1 Å². The molecule has 10 heteroatoms.